The van der Waals surface area contributed by atoms with Gasteiger partial charge in [0, 0.05) is 12.6 Å². The van der Waals surface area contributed by atoms with E-state index in [9.17, 15) is 4.39 Å². The Hall–Kier alpha value is -0.410. The van der Waals surface area contributed by atoms with E-state index < -0.39 is 0 Å². The van der Waals surface area contributed by atoms with Gasteiger partial charge in [0.2, 0.25) is 0 Å². The Kier molecular flexibility index (Phi) is 5.26. The molecule has 0 aromatic heterocycles. The Morgan fingerprint density at radius 2 is 2.20 bits per heavy atom. The third kappa shape index (κ3) is 4.31. The van der Waals surface area contributed by atoms with Crippen LogP contribution in [0.2, 0.25) is 0 Å². The van der Waals surface area contributed by atoms with Gasteiger partial charge in [0.05, 0.1) is 4.47 Å². The summed E-state index contributed by atoms with van der Waals surface area (Å²) in [4.78, 5) is 0. The normalized spacial score (nSPS) is 12.8. The van der Waals surface area contributed by atoms with Crippen LogP contribution in [-0.4, -0.2) is 6.04 Å². The first-order valence-electron chi connectivity index (χ1n) is 5.30. The molecule has 0 fully saturated rings. The SMILES string of the molecule is CCCC(C)NCc1ccc(F)c(Br)c1. The highest BCUT2D eigenvalue weighted by Gasteiger charge is 2.02. The molecule has 1 rings (SSSR count). The Morgan fingerprint density at radius 3 is 2.80 bits per heavy atom. The highest BCUT2D eigenvalue weighted by molar-refractivity contribution is 9.10. The maximum Gasteiger partial charge on any atom is 0.137 e. The van der Waals surface area contributed by atoms with E-state index in [4.69, 9.17) is 0 Å². The number of hydrogen-bond acceptors (Lipinski definition) is 1. The highest BCUT2D eigenvalue weighted by atomic mass is 79.9. The topological polar surface area (TPSA) is 12.0 Å². The van der Waals surface area contributed by atoms with Crippen LogP contribution in [0.25, 0.3) is 0 Å². The first kappa shape index (κ1) is 12.7. The predicted octanol–water partition coefficient (Wildman–Crippen LogP) is 3.87. The van der Waals surface area contributed by atoms with Gasteiger partial charge in [0.25, 0.3) is 0 Å². The molecule has 1 nitrogen and oxygen atoms in total. The molecular weight excluding hydrogens is 257 g/mol. The third-order valence-electron chi connectivity index (χ3n) is 2.36. The van der Waals surface area contributed by atoms with Crippen molar-refractivity contribution >= 4 is 15.9 Å². The predicted molar refractivity (Wildman–Crippen MR) is 65.3 cm³/mol. The molecule has 1 atom stereocenters. The largest absolute Gasteiger partial charge is 0.310 e. The van der Waals surface area contributed by atoms with Crippen molar-refractivity contribution in [2.75, 3.05) is 0 Å². The Balaban J connectivity index is 2.47. The van der Waals surface area contributed by atoms with Gasteiger partial charge >= 0.3 is 0 Å². The van der Waals surface area contributed by atoms with E-state index in [1.807, 2.05) is 12.1 Å². The summed E-state index contributed by atoms with van der Waals surface area (Å²) < 4.78 is 13.5. The van der Waals surface area contributed by atoms with Gasteiger partial charge in [-0.05, 0) is 47.0 Å². The van der Waals surface area contributed by atoms with Crippen molar-refractivity contribution in [1.29, 1.82) is 0 Å². The maximum absolute atomic E-state index is 13.0. The molecular formula is C12H17BrFN. The molecule has 0 radical (unpaired) electrons. The molecule has 0 bridgehead atoms. The van der Waals surface area contributed by atoms with Crippen LogP contribution in [0.15, 0.2) is 22.7 Å². The zero-order valence-corrected chi connectivity index (χ0v) is 10.8. The average Bonchev–Trinajstić information content (AvgIpc) is 2.20. The standard InChI is InChI=1S/C12H17BrFN/c1-3-4-9(2)15-8-10-5-6-12(14)11(13)7-10/h5-7,9,15H,3-4,8H2,1-2H3. The lowest BCUT2D eigenvalue weighted by molar-refractivity contribution is 0.508. The van der Waals surface area contributed by atoms with E-state index in [0.29, 0.717) is 10.5 Å². The van der Waals surface area contributed by atoms with Gasteiger partial charge in [-0.1, -0.05) is 19.4 Å². The molecule has 15 heavy (non-hydrogen) atoms. The van der Waals surface area contributed by atoms with Gasteiger partial charge in [0.15, 0.2) is 0 Å². The number of halogens is 2. The number of nitrogens with one attached hydrogen (secondary N) is 1. The lowest BCUT2D eigenvalue weighted by Crippen LogP contribution is -2.25. The van der Waals surface area contributed by atoms with Crippen LogP contribution in [0.1, 0.15) is 32.3 Å². The molecule has 1 aromatic rings. The molecule has 0 spiro atoms. The number of rotatable bonds is 5. The molecule has 1 aromatic carbocycles. The van der Waals surface area contributed by atoms with Gasteiger partial charge in [-0.2, -0.15) is 0 Å². The zero-order valence-electron chi connectivity index (χ0n) is 9.19. The van der Waals surface area contributed by atoms with Crippen molar-refractivity contribution in [1.82, 2.24) is 5.32 Å². The highest BCUT2D eigenvalue weighted by Crippen LogP contribution is 2.16. The van der Waals surface area contributed by atoms with E-state index in [1.165, 1.54) is 18.9 Å². The Bertz CT molecular complexity index is 314. The van der Waals surface area contributed by atoms with Crippen molar-refractivity contribution in [2.24, 2.45) is 0 Å². The van der Waals surface area contributed by atoms with Crippen LogP contribution < -0.4 is 5.32 Å². The van der Waals surface area contributed by atoms with Crippen molar-refractivity contribution in [3.05, 3.63) is 34.1 Å². The maximum atomic E-state index is 13.0. The van der Waals surface area contributed by atoms with Crippen LogP contribution in [0.3, 0.4) is 0 Å². The fraction of sp³-hybridized carbons (Fsp3) is 0.500. The minimum atomic E-state index is -0.208. The second kappa shape index (κ2) is 6.23. The summed E-state index contributed by atoms with van der Waals surface area (Å²) in [6, 6.07) is 5.64. The minimum absolute atomic E-state index is 0.208. The van der Waals surface area contributed by atoms with Crippen molar-refractivity contribution in [3.63, 3.8) is 0 Å². The van der Waals surface area contributed by atoms with Gasteiger partial charge in [-0.25, -0.2) is 4.39 Å². The van der Waals surface area contributed by atoms with E-state index >= 15 is 0 Å². The average molecular weight is 274 g/mol. The van der Waals surface area contributed by atoms with Crippen molar-refractivity contribution < 1.29 is 4.39 Å². The Morgan fingerprint density at radius 1 is 1.47 bits per heavy atom. The molecule has 84 valence electrons. The van der Waals surface area contributed by atoms with Crippen molar-refractivity contribution in [2.45, 2.75) is 39.3 Å². The molecule has 1 unspecified atom stereocenters. The fourth-order valence-electron chi connectivity index (χ4n) is 1.48. The van der Waals surface area contributed by atoms with Crippen molar-refractivity contribution in [3.8, 4) is 0 Å². The molecule has 3 heteroatoms. The number of benzene rings is 1. The van der Waals surface area contributed by atoms with Gasteiger partial charge < -0.3 is 5.32 Å². The molecule has 0 saturated carbocycles. The molecule has 0 saturated heterocycles. The summed E-state index contributed by atoms with van der Waals surface area (Å²) in [6.07, 6.45) is 2.35. The van der Waals surface area contributed by atoms with E-state index in [0.717, 1.165) is 12.1 Å². The molecule has 0 aliphatic rings. The lowest BCUT2D eigenvalue weighted by Gasteiger charge is -2.12. The quantitative estimate of drug-likeness (QED) is 0.859. The summed E-state index contributed by atoms with van der Waals surface area (Å²) in [7, 11) is 0. The molecule has 0 heterocycles. The molecule has 0 aliphatic carbocycles. The van der Waals surface area contributed by atoms with Crippen LogP contribution in [0, 0.1) is 5.82 Å². The summed E-state index contributed by atoms with van der Waals surface area (Å²) in [5.74, 6) is -0.208. The summed E-state index contributed by atoms with van der Waals surface area (Å²) >= 11 is 3.18. The monoisotopic (exact) mass is 273 g/mol. The second-order valence-electron chi connectivity index (χ2n) is 3.82. The third-order valence-corrected chi connectivity index (χ3v) is 2.97. The summed E-state index contributed by atoms with van der Waals surface area (Å²) in [5.41, 5.74) is 1.10. The molecule has 1 N–H and O–H groups in total. The van der Waals surface area contributed by atoms with Gasteiger partial charge in [-0.3, -0.25) is 0 Å². The van der Waals surface area contributed by atoms with Crippen LogP contribution in [-0.2, 0) is 6.54 Å². The van der Waals surface area contributed by atoms with E-state index in [2.05, 4.69) is 35.1 Å². The second-order valence-corrected chi connectivity index (χ2v) is 4.67. The van der Waals surface area contributed by atoms with Gasteiger partial charge in [0.1, 0.15) is 5.82 Å². The summed E-state index contributed by atoms with van der Waals surface area (Å²) in [5, 5.41) is 3.40. The van der Waals surface area contributed by atoms with Crippen LogP contribution in [0.4, 0.5) is 4.39 Å². The van der Waals surface area contributed by atoms with Gasteiger partial charge in [-0.15, -0.1) is 0 Å². The fourth-order valence-corrected chi connectivity index (χ4v) is 1.90. The number of hydrogen-bond donors (Lipinski definition) is 1. The first-order valence-corrected chi connectivity index (χ1v) is 6.10. The molecule has 0 amide bonds. The first-order chi connectivity index (χ1) is 7.13. The zero-order chi connectivity index (χ0) is 11.3. The minimum Gasteiger partial charge on any atom is -0.310 e. The lowest BCUT2D eigenvalue weighted by atomic mass is 10.1. The van der Waals surface area contributed by atoms with E-state index in [-0.39, 0.29) is 5.82 Å². The molecule has 0 aliphatic heterocycles. The smallest absolute Gasteiger partial charge is 0.137 e. The summed E-state index contributed by atoms with van der Waals surface area (Å²) in [6.45, 7) is 5.13. The van der Waals surface area contributed by atoms with Crippen LogP contribution in [0.5, 0.6) is 0 Å². The van der Waals surface area contributed by atoms with Crippen LogP contribution >= 0.6 is 15.9 Å². The van der Waals surface area contributed by atoms with E-state index in [1.54, 1.807) is 0 Å². The Labute approximate surface area is 99.2 Å².